The van der Waals surface area contributed by atoms with Crippen LogP contribution in [-0.4, -0.2) is 19.9 Å². The Morgan fingerprint density at radius 1 is 1.33 bits per heavy atom. The molecule has 7 heteroatoms. The van der Waals surface area contributed by atoms with E-state index in [9.17, 15) is 8.42 Å². The lowest BCUT2D eigenvalue weighted by molar-refractivity contribution is 0.270. The second-order valence-electron chi connectivity index (χ2n) is 5.68. The molecule has 0 bridgehead atoms. The van der Waals surface area contributed by atoms with Crippen LogP contribution in [0.15, 0.2) is 17.2 Å². The molecule has 1 aromatic rings. The van der Waals surface area contributed by atoms with Crippen LogP contribution in [0.5, 0.6) is 0 Å². The van der Waals surface area contributed by atoms with Gasteiger partial charge in [0, 0.05) is 12.7 Å². The zero-order valence-corrected chi connectivity index (χ0v) is 13.8. The third kappa shape index (κ3) is 4.31. The Morgan fingerprint density at radius 2 is 1.95 bits per heavy atom. The van der Waals surface area contributed by atoms with Crippen molar-refractivity contribution in [2.24, 2.45) is 11.8 Å². The quantitative estimate of drug-likeness (QED) is 0.868. The highest BCUT2D eigenvalue weighted by Gasteiger charge is 2.22. The number of hydrogen-bond donors (Lipinski definition) is 2. The molecular formula is C14H22ClN3O2S. The highest BCUT2D eigenvalue weighted by molar-refractivity contribution is 7.89. The van der Waals surface area contributed by atoms with Crippen molar-refractivity contribution in [3.63, 3.8) is 0 Å². The third-order valence-electron chi connectivity index (χ3n) is 4.26. The summed E-state index contributed by atoms with van der Waals surface area (Å²) in [6.07, 6.45) is 7.01. The average molecular weight is 332 g/mol. The smallest absolute Gasteiger partial charge is 0.242 e. The van der Waals surface area contributed by atoms with Gasteiger partial charge in [-0.15, -0.1) is 0 Å². The summed E-state index contributed by atoms with van der Waals surface area (Å²) >= 11 is 5.82. The minimum absolute atomic E-state index is 0.0592. The molecule has 118 valence electrons. The molecule has 0 radical (unpaired) electrons. The number of nitrogens with zero attached hydrogens (tertiary/aromatic N) is 1. The van der Waals surface area contributed by atoms with Gasteiger partial charge in [-0.3, -0.25) is 0 Å². The first kappa shape index (κ1) is 16.5. The Bertz CT molecular complexity index is 584. The van der Waals surface area contributed by atoms with Gasteiger partial charge in [0.25, 0.3) is 0 Å². The van der Waals surface area contributed by atoms with Crippen LogP contribution in [0.2, 0.25) is 5.02 Å². The molecule has 1 aromatic heterocycles. The van der Waals surface area contributed by atoms with E-state index in [4.69, 9.17) is 17.3 Å². The van der Waals surface area contributed by atoms with Gasteiger partial charge in [0.05, 0.1) is 5.02 Å². The molecule has 0 atom stereocenters. The number of nitrogen functional groups attached to an aromatic ring is 1. The summed E-state index contributed by atoms with van der Waals surface area (Å²) in [7, 11) is -3.57. The van der Waals surface area contributed by atoms with Crippen molar-refractivity contribution in [3.05, 3.63) is 17.3 Å². The van der Waals surface area contributed by atoms with E-state index in [0.717, 1.165) is 18.8 Å². The van der Waals surface area contributed by atoms with Crippen LogP contribution in [-0.2, 0) is 10.0 Å². The Morgan fingerprint density at radius 3 is 2.52 bits per heavy atom. The number of sulfonamides is 1. The van der Waals surface area contributed by atoms with Gasteiger partial charge in [0.1, 0.15) is 10.7 Å². The zero-order chi connectivity index (χ0) is 15.5. The summed E-state index contributed by atoms with van der Waals surface area (Å²) in [4.78, 5) is 3.85. The van der Waals surface area contributed by atoms with Crippen molar-refractivity contribution in [1.29, 1.82) is 0 Å². The monoisotopic (exact) mass is 331 g/mol. The first-order valence-electron chi connectivity index (χ1n) is 7.33. The van der Waals surface area contributed by atoms with Crippen LogP contribution in [0.4, 0.5) is 5.82 Å². The van der Waals surface area contributed by atoms with E-state index < -0.39 is 10.0 Å². The first-order chi connectivity index (χ1) is 9.92. The van der Waals surface area contributed by atoms with Crippen LogP contribution in [0, 0.1) is 11.8 Å². The largest absolute Gasteiger partial charge is 0.382 e. The van der Waals surface area contributed by atoms with Crippen LogP contribution >= 0.6 is 11.6 Å². The van der Waals surface area contributed by atoms with Crippen molar-refractivity contribution in [2.75, 3.05) is 12.3 Å². The fraction of sp³-hybridized carbons (Fsp3) is 0.643. The van der Waals surface area contributed by atoms with Gasteiger partial charge < -0.3 is 5.73 Å². The molecule has 0 spiro atoms. The number of hydrogen-bond acceptors (Lipinski definition) is 4. The fourth-order valence-electron chi connectivity index (χ4n) is 2.73. The summed E-state index contributed by atoms with van der Waals surface area (Å²) in [6.45, 7) is 2.69. The Hall–Kier alpha value is -0.850. The standard InChI is InChI=1S/C14H22ClN3O2S/c1-2-10-3-5-11(6-4-10)8-18-21(19,20)12-7-13(15)14(16)17-9-12/h7,9-11,18H,2-6,8H2,1H3,(H2,16,17). The van der Waals surface area contributed by atoms with E-state index in [1.54, 1.807) is 0 Å². The van der Waals surface area contributed by atoms with Gasteiger partial charge in [0.15, 0.2) is 0 Å². The molecule has 2 rings (SSSR count). The zero-order valence-electron chi connectivity index (χ0n) is 12.2. The van der Waals surface area contributed by atoms with E-state index in [0.29, 0.717) is 12.5 Å². The van der Waals surface area contributed by atoms with Crippen molar-refractivity contribution >= 4 is 27.4 Å². The van der Waals surface area contributed by atoms with Crippen LogP contribution in [0.25, 0.3) is 0 Å². The summed E-state index contributed by atoms with van der Waals surface area (Å²) in [6, 6.07) is 1.33. The number of nitrogens with one attached hydrogen (secondary N) is 1. The van der Waals surface area contributed by atoms with Crippen molar-refractivity contribution in [2.45, 2.75) is 43.9 Å². The maximum Gasteiger partial charge on any atom is 0.242 e. The van der Waals surface area contributed by atoms with E-state index in [2.05, 4.69) is 16.6 Å². The molecule has 0 amide bonds. The second-order valence-corrected chi connectivity index (χ2v) is 7.86. The third-order valence-corrected chi connectivity index (χ3v) is 5.95. The second kappa shape index (κ2) is 6.94. The highest BCUT2D eigenvalue weighted by atomic mass is 35.5. The lowest BCUT2D eigenvalue weighted by atomic mass is 9.81. The van der Waals surface area contributed by atoms with Crippen LogP contribution in [0.1, 0.15) is 39.0 Å². The number of rotatable bonds is 5. The fourth-order valence-corrected chi connectivity index (χ4v) is 4.05. The number of anilines is 1. The maximum absolute atomic E-state index is 12.2. The van der Waals surface area contributed by atoms with Crippen molar-refractivity contribution in [1.82, 2.24) is 9.71 Å². The molecule has 1 aliphatic rings. The number of pyridine rings is 1. The Labute approximate surface area is 131 Å². The van der Waals surface area contributed by atoms with Crippen LogP contribution in [0.3, 0.4) is 0 Å². The molecule has 3 N–H and O–H groups in total. The maximum atomic E-state index is 12.2. The molecule has 1 aliphatic carbocycles. The lowest BCUT2D eigenvalue weighted by Crippen LogP contribution is -2.31. The predicted octanol–water partition coefficient (Wildman–Crippen LogP) is 2.81. The minimum Gasteiger partial charge on any atom is -0.382 e. The van der Waals surface area contributed by atoms with E-state index in [-0.39, 0.29) is 15.7 Å². The molecular weight excluding hydrogens is 310 g/mol. The number of halogens is 1. The highest BCUT2D eigenvalue weighted by Crippen LogP contribution is 2.30. The molecule has 5 nitrogen and oxygen atoms in total. The first-order valence-corrected chi connectivity index (χ1v) is 9.19. The summed E-state index contributed by atoms with van der Waals surface area (Å²) in [5.41, 5.74) is 5.49. The number of nitrogens with two attached hydrogens (primary N) is 1. The molecule has 0 saturated heterocycles. The van der Waals surface area contributed by atoms with E-state index in [1.165, 1.54) is 31.5 Å². The summed E-state index contributed by atoms with van der Waals surface area (Å²) in [5, 5.41) is 0.154. The lowest BCUT2D eigenvalue weighted by Gasteiger charge is -2.27. The molecule has 0 aliphatic heterocycles. The van der Waals surface area contributed by atoms with Gasteiger partial charge in [-0.2, -0.15) is 0 Å². The topological polar surface area (TPSA) is 85.1 Å². The number of aromatic nitrogens is 1. The van der Waals surface area contributed by atoms with Gasteiger partial charge >= 0.3 is 0 Å². The summed E-state index contributed by atoms with van der Waals surface area (Å²) < 4.78 is 27.1. The molecule has 0 unspecified atom stereocenters. The van der Waals surface area contributed by atoms with Crippen molar-refractivity contribution in [3.8, 4) is 0 Å². The molecule has 21 heavy (non-hydrogen) atoms. The summed E-state index contributed by atoms with van der Waals surface area (Å²) in [5.74, 6) is 1.35. The molecule has 1 heterocycles. The van der Waals surface area contributed by atoms with Crippen LogP contribution < -0.4 is 10.5 Å². The normalized spacial score (nSPS) is 23.1. The van der Waals surface area contributed by atoms with Gasteiger partial charge in [-0.05, 0) is 30.7 Å². The van der Waals surface area contributed by atoms with Gasteiger partial charge in [-0.25, -0.2) is 18.1 Å². The minimum atomic E-state index is -3.57. The van der Waals surface area contributed by atoms with Gasteiger partial charge in [-0.1, -0.05) is 37.8 Å². The van der Waals surface area contributed by atoms with E-state index in [1.807, 2.05) is 0 Å². The molecule has 0 aromatic carbocycles. The Balaban J connectivity index is 1.94. The molecule has 1 saturated carbocycles. The molecule has 1 fully saturated rings. The van der Waals surface area contributed by atoms with E-state index >= 15 is 0 Å². The van der Waals surface area contributed by atoms with Gasteiger partial charge in [0.2, 0.25) is 10.0 Å². The SMILES string of the molecule is CCC1CCC(CNS(=O)(=O)c2cnc(N)c(Cl)c2)CC1. The van der Waals surface area contributed by atoms with Crippen molar-refractivity contribution < 1.29 is 8.42 Å². The predicted molar refractivity (Wildman–Crippen MR) is 84.6 cm³/mol. The average Bonchev–Trinajstić information content (AvgIpc) is 2.48. The Kier molecular flexibility index (Phi) is 5.46.